The Morgan fingerprint density at radius 2 is 1.44 bits per heavy atom. The number of carbonyl (C=O) groups is 1. The molecule has 1 saturated heterocycles. The molecule has 1 heterocycles. The van der Waals surface area contributed by atoms with Gasteiger partial charge < -0.3 is 9.80 Å². The molecule has 1 fully saturated rings. The van der Waals surface area contributed by atoms with Crippen LogP contribution in [0, 0.1) is 0 Å². The highest BCUT2D eigenvalue weighted by molar-refractivity contribution is 8.01. The summed E-state index contributed by atoms with van der Waals surface area (Å²) in [5.74, 6) is 4.16. The van der Waals surface area contributed by atoms with Crippen LogP contribution in [0.25, 0.3) is 0 Å². The lowest BCUT2D eigenvalue weighted by Crippen LogP contribution is -2.47. The van der Waals surface area contributed by atoms with Crippen molar-refractivity contribution >= 4 is 27.2 Å². The Kier molecular flexibility index (Phi) is 6.63. The lowest BCUT2D eigenvalue weighted by atomic mass is 10.1. The molecule has 6 heteroatoms. The smallest absolute Gasteiger partial charge is 0.253 e. The third-order valence-electron chi connectivity index (χ3n) is 5.83. The predicted octanol–water partition coefficient (Wildman–Crippen LogP) is 3.77. The van der Waals surface area contributed by atoms with Gasteiger partial charge in [-0.25, -0.2) is 4.21 Å². The number of piperazine rings is 1. The first kappa shape index (κ1) is 22.1. The molecule has 0 radical (unpaired) electrons. The number of nitrogens with zero attached hydrogens (tertiary/aromatic N) is 3. The molecule has 0 saturated carbocycles. The molecule has 4 rings (SSSR count). The summed E-state index contributed by atoms with van der Waals surface area (Å²) < 4.78 is 15.8. The zero-order valence-electron chi connectivity index (χ0n) is 18.4. The Morgan fingerprint density at radius 3 is 2.03 bits per heavy atom. The molecule has 0 aromatic heterocycles. The van der Waals surface area contributed by atoms with Crippen LogP contribution in [0.15, 0.2) is 89.8 Å². The Balaban J connectivity index is 1.63. The largest absolute Gasteiger partial charge is 0.336 e. The van der Waals surface area contributed by atoms with Gasteiger partial charge in [-0.05, 0) is 54.9 Å². The van der Waals surface area contributed by atoms with Crippen molar-refractivity contribution in [2.24, 2.45) is 0 Å². The van der Waals surface area contributed by atoms with E-state index in [2.05, 4.69) is 17.8 Å². The minimum atomic E-state index is -2.78. The molecule has 1 atom stereocenters. The molecule has 1 aliphatic heterocycles. The second-order valence-corrected chi connectivity index (χ2v) is 10.3. The highest BCUT2D eigenvalue weighted by Crippen LogP contribution is 2.26. The molecule has 32 heavy (non-hydrogen) atoms. The van der Waals surface area contributed by atoms with Gasteiger partial charge >= 0.3 is 0 Å². The van der Waals surface area contributed by atoms with Crippen LogP contribution in [0.1, 0.15) is 15.9 Å². The van der Waals surface area contributed by atoms with Gasteiger partial charge in [0.05, 0.1) is 16.3 Å². The Hall–Kier alpha value is -3.09. The van der Waals surface area contributed by atoms with Crippen molar-refractivity contribution in [2.45, 2.75) is 11.4 Å². The second kappa shape index (κ2) is 9.59. The summed E-state index contributed by atoms with van der Waals surface area (Å²) in [5.41, 5.74) is 2.46. The van der Waals surface area contributed by atoms with Gasteiger partial charge in [0.15, 0.2) is 0 Å². The van der Waals surface area contributed by atoms with E-state index in [1.165, 1.54) is 0 Å². The molecule has 0 spiro atoms. The zero-order chi connectivity index (χ0) is 22.6. The molecule has 0 N–H and O–H groups in total. The highest BCUT2D eigenvalue weighted by Gasteiger charge is 2.22. The van der Waals surface area contributed by atoms with Gasteiger partial charge in [0.1, 0.15) is 0 Å². The molecule has 166 valence electrons. The number of hydrogen-bond donors (Lipinski definition) is 0. The van der Waals surface area contributed by atoms with E-state index in [4.69, 9.17) is 0 Å². The molecule has 5 nitrogen and oxygen atoms in total. The standard InChI is InChI=1S/C26H29N3O2S/c1-27-17-19-28(20-18-27)26(30)23-13-15-24(16-14-23)29(21-22-9-5-3-6-10-22)32(2,31)25-11-7-4-8-12-25/h3-16H,2,17-21H2,1H3. The Bertz CT molecular complexity index is 1140. The van der Waals surface area contributed by atoms with Crippen molar-refractivity contribution in [1.29, 1.82) is 0 Å². The Morgan fingerprint density at radius 1 is 0.875 bits per heavy atom. The maximum Gasteiger partial charge on any atom is 0.253 e. The number of benzene rings is 3. The monoisotopic (exact) mass is 447 g/mol. The first-order chi connectivity index (χ1) is 15.4. The number of hydrogen-bond acceptors (Lipinski definition) is 3. The normalized spacial score (nSPS) is 16.3. The van der Waals surface area contributed by atoms with Crippen molar-refractivity contribution in [3.05, 3.63) is 96.1 Å². The van der Waals surface area contributed by atoms with Gasteiger partial charge in [-0.1, -0.05) is 48.5 Å². The third kappa shape index (κ3) is 4.87. The molecule has 1 unspecified atom stereocenters. The summed E-state index contributed by atoms with van der Waals surface area (Å²) in [6, 6.07) is 26.7. The van der Waals surface area contributed by atoms with Gasteiger partial charge in [-0.2, -0.15) is 0 Å². The van der Waals surface area contributed by atoms with Crippen LogP contribution in [0.5, 0.6) is 0 Å². The summed E-state index contributed by atoms with van der Waals surface area (Å²) in [6.07, 6.45) is 0. The van der Waals surface area contributed by atoms with E-state index in [0.29, 0.717) is 17.0 Å². The summed E-state index contributed by atoms with van der Waals surface area (Å²) in [4.78, 5) is 17.7. The summed E-state index contributed by atoms with van der Waals surface area (Å²) >= 11 is 0. The molecule has 1 amide bonds. The number of carbonyl (C=O) groups excluding carboxylic acids is 1. The average molecular weight is 448 g/mol. The van der Waals surface area contributed by atoms with E-state index in [-0.39, 0.29) is 5.91 Å². The molecule has 3 aromatic rings. The van der Waals surface area contributed by atoms with Gasteiger partial charge in [0.25, 0.3) is 5.91 Å². The number of anilines is 1. The van der Waals surface area contributed by atoms with Crippen LogP contribution < -0.4 is 4.31 Å². The fourth-order valence-electron chi connectivity index (χ4n) is 3.84. The lowest BCUT2D eigenvalue weighted by Gasteiger charge is -2.32. The van der Waals surface area contributed by atoms with Crippen molar-refractivity contribution in [1.82, 2.24) is 9.80 Å². The zero-order valence-corrected chi connectivity index (χ0v) is 19.2. The lowest BCUT2D eigenvalue weighted by molar-refractivity contribution is 0.0664. The maximum atomic E-state index is 13.9. The maximum absolute atomic E-state index is 13.9. The van der Waals surface area contributed by atoms with Crippen LogP contribution in [-0.2, 0) is 16.3 Å². The first-order valence-corrected chi connectivity index (χ1v) is 12.5. The minimum Gasteiger partial charge on any atom is -0.336 e. The van der Waals surface area contributed by atoms with Crippen molar-refractivity contribution < 1.29 is 9.00 Å². The quantitative estimate of drug-likeness (QED) is 0.541. The fourth-order valence-corrected chi connectivity index (χ4v) is 5.49. The molecule has 0 aliphatic carbocycles. The van der Waals surface area contributed by atoms with Gasteiger partial charge in [-0.15, -0.1) is 0 Å². The minimum absolute atomic E-state index is 0.0395. The van der Waals surface area contributed by atoms with E-state index >= 15 is 0 Å². The van der Waals surface area contributed by atoms with Crippen molar-refractivity contribution in [3.8, 4) is 0 Å². The fraction of sp³-hybridized carbons (Fsp3) is 0.231. The summed E-state index contributed by atoms with van der Waals surface area (Å²) in [5, 5.41) is 0. The van der Waals surface area contributed by atoms with E-state index in [1.807, 2.05) is 94.1 Å². The van der Waals surface area contributed by atoms with Crippen LogP contribution in [0.2, 0.25) is 0 Å². The topological polar surface area (TPSA) is 43.9 Å². The van der Waals surface area contributed by atoms with E-state index in [1.54, 1.807) is 0 Å². The number of amides is 1. The number of likely N-dealkylation sites (N-methyl/N-ethyl adjacent to an activating group) is 1. The Labute approximate surface area is 191 Å². The average Bonchev–Trinajstić information content (AvgIpc) is 2.84. The molecule has 0 bridgehead atoms. The third-order valence-corrected chi connectivity index (χ3v) is 7.89. The van der Waals surface area contributed by atoms with Crippen molar-refractivity contribution in [3.63, 3.8) is 0 Å². The second-order valence-electron chi connectivity index (χ2n) is 8.12. The molecule has 3 aromatic carbocycles. The molecular weight excluding hydrogens is 418 g/mol. The van der Waals surface area contributed by atoms with Gasteiger partial charge in [-0.3, -0.25) is 9.10 Å². The molecular formula is C26H29N3O2S. The van der Waals surface area contributed by atoms with Crippen molar-refractivity contribution in [2.75, 3.05) is 37.5 Å². The SMILES string of the molecule is C=S(=O)(c1ccccc1)N(Cc1ccccc1)c1ccc(C(=O)N2CCN(C)CC2)cc1. The van der Waals surface area contributed by atoms with Gasteiger partial charge in [0, 0.05) is 42.3 Å². The van der Waals surface area contributed by atoms with Crippen LogP contribution in [-0.4, -0.2) is 59.0 Å². The summed E-state index contributed by atoms with van der Waals surface area (Å²) in [7, 11) is -0.709. The van der Waals surface area contributed by atoms with Crippen LogP contribution in [0.3, 0.4) is 0 Å². The predicted molar refractivity (Wildman–Crippen MR) is 132 cm³/mol. The number of rotatable bonds is 6. The summed E-state index contributed by atoms with van der Waals surface area (Å²) in [6.45, 7) is 3.68. The van der Waals surface area contributed by atoms with E-state index in [0.717, 1.165) is 37.4 Å². The highest BCUT2D eigenvalue weighted by atomic mass is 32.2. The van der Waals surface area contributed by atoms with Gasteiger partial charge in [0.2, 0.25) is 0 Å². The molecule has 1 aliphatic rings. The van der Waals surface area contributed by atoms with Crippen LogP contribution in [0.4, 0.5) is 5.69 Å². The van der Waals surface area contributed by atoms with E-state index in [9.17, 15) is 9.00 Å². The first-order valence-electron chi connectivity index (χ1n) is 10.8. The van der Waals surface area contributed by atoms with E-state index < -0.39 is 9.71 Å². The van der Waals surface area contributed by atoms with Crippen LogP contribution >= 0.6 is 0 Å².